The lowest BCUT2D eigenvalue weighted by molar-refractivity contribution is 0.103. The fourth-order valence-corrected chi connectivity index (χ4v) is 3.25. The van der Waals surface area contributed by atoms with Gasteiger partial charge >= 0.3 is 0 Å². The third-order valence-electron chi connectivity index (χ3n) is 4.29. The molecule has 0 saturated carbocycles. The first-order chi connectivity index (χ1) is 13.9. The molecule has 29 heavy (non-hydrogen) atoms. The maximum atomic E-state index is 14.3. The van der Waals surface area contributed by atoms with Gasteiger partial charge in [-0.1, -0.05) is 0 Å². The molecule has 0 aliphatic rings. The summed E-state index contributed by atoms with van der Waals surface area (Å²) in [5.41, 5.74) is 0.978. The molecular formula is C20H15F2N3O3S. The van der Waals surface area contributed by atoms with Gasteiger partial charge in [0.2, 0.25) is 10.9 Å². The Hall–Kier alpha value is -3.22. The van der Waals surface area contributed by atoms with Gasteiger partial charge in [0.05, 0.1) is 16.6 Å². The van der Waals surface area contributed by atoms with Crippen LogP contribution in [0.1, 0.15) is 33.5 Å². The number of nitrogens with one attached hydrogen (secondary N) is 1. The third-order valence-corrected chi connectivity index (χ3v) is 4.77. The molecule has 0 aliphatic carbocycles. The predicted octanol–water partition coefficient (Wildman–Crippen LogP) is 2.66. The summed E-state index contributed by atoms with van der Waals surface area (Å²) in [6, 6.07) is 10.3. The molecule has 0 fully saturated rings. The average Bonchev–Trinajstić information content (AvgIpc) is 2.72. The number of carbonyl (C=O) groups is 1. The molecule has 6 nitrogen and oxygen atoms in total. The van der Waals surface area contributed by atoms with Crippen LogP contribution in [0, 0.1) is 23.0 Å². The number of thiol groups is 1. The molecule has 1 aromatic heterocycles. The van der Waals surface area contributed by atoms with Gasteiger partial charge in [-0.3, -0.25) is 9.78 Å². The maximum Gasteiger partial charge on any atom is 0.201 e. The van der Waals surface area contributed by atoms with Crippen molar-refractivity contribution in [2.45, 2.75) is 12.8 Å². The highest BCUT2D eigenvalue weighted by Crippen LogP contribution is 2.22. The van der Waals surface area contributed by atoms with Crippen molar-refractivity contribution in [2.24, 2.45) is 0 Å². The molecule has 0 aliphatic heterocycles. The van der Waals surface area contributed by atoms with Crippen molar-refractivity contribution in [3.8, 4) is 6.07 Å². The van der Waals surface area contributed by atoms with E-state index in [1.54, 1.807) is 12.1 Å². The smallest absolute Gasteiger partial charge is 0.201 e. The van der Waals surface area contributed by atoms with E-state index in [1.165, 1.54) is 24.4 Å². The zero-order valence-corrected chi connectivity index (χ0v) is 15.9. The number of aromatic nitrogens is 1. The van der Waals surface area contributed by atoms with Gasteiger partial charge in [0.25, 0.3) is 0 Å². The van der Waals surface area contributed by atoms with Crippen molar-refractivity contribution in [1.29, 1.82) is 5.26 Å². The van der Waals surface area contributed by atoms with Crippen molar-refractivity contribution in [3.63, 3.8) is 0 Å². The second kappa shape index (κ2) is 8.86. The molecule has 148 valence electrons. The number of nitriles is 1. The molecule has 0 atom stereocenters. The molecule has 0 saturated heterocycles. The lowest BCUT2D eigenvalue weighted by Gasteiger charge is -2.09. The van der Waals surface area contributed by atoms with Gasteiger partial charge in [-0.15, -0.1) is 0 Å². The Morgan fingerprint density at radius 2 is 1.97 bits per heavy atom. The van der Waals surface area contributed by atoms with E-state index in [0.29, 0.717) is 28.5 Å². The van der Waals surface area contributed by atoms with E-state index in [9.17, 15) is 22.0 Å². The van der Waals surface area contributed by atoms with Crippen molar-refractivity contribution < 1.29 is 22.0 Å². The summed E-state index contributed by atoms with van der Waals surface area (Å²) >= 11 is 0. The molecule has 1 N–H and O–H groups in total. The highest BCUT2D eigenvalue weighted by atomic mass is 32.2. The Bertz CT molecular complexity index is 1210. The van der Waals surface area contributed by atoms with E-state index in [4.69, 9.17) is 5.26 Å². The summed E-state index contributed by atoms with van der Waals surface area (Å²) < 4.78 is 51.5. The fourth-order valence-electron chi connectivity index (χ4n) is 2.91. The van der Waals surface area contributed by atoms with E-state index in [2.05, 4.69) is 9.71 Å². The Labute approximate surface area is 166 Å². The van der Waals surface area contributed by atoms with Crippen molar-refractivity contribution >= 4 is 27.6 Å². The first kappa shape index (κ1) is 20.5. The van der Waals surface area contributed by atoms with E-state index in [0.717, 1.165) is 6.07 Å². The summed E-state index contributed by atoms with van der Waals surface area (Å²) in [6.07, 6.45) is 2.03. The van der Waals surface area contributed by atoms with Crippen LogP contribution in [-0.2, 0) is 17.3 Å². The molecule has 3 rings (SSSR count). The minimum atomic E-state index is -2.72. The Morgan fingerprint density at radius 1 is 1.17 bits per heavy atom. The van der Waals surface area contributed by atoms with Crippen LogP contribution < -0.4 is 4.72 Å². The van der Waals surface area contributed by atoms with E-state index in [-0.39, 0.29) is 18.5 Å². The Balaban J connectivity index is 1.91. The van der Waals surface area contributed by atoms with Crippen molar-refractivity contribution in [2.75, 3.05) is 6.54 Å². The minimum absolute atomic E-state index is 0.134. The van der Waals surface area contributed by atoms with E-state index in [1.807, 2.05) is 6.07 Å². The van der Waals surface area contributed by atoms with Gasteiger partial charge in [0, 0.05) is 23.7 Å². The van der Waals surface area contributed by atoms with Crippen LogP contribution in [0.25, 0.3) is 10.9 Å². The number of hydrogen-bond donors (Lipinski definition) is 2. The molecular weight excluding hydrogens is 400 g/mol. The Kier molecular flexibility index (Phi) is 6.26. The Morgan fingerprint density at radius 3 is 2.69 bits per heavy atom. The van der Waals surface area contributed by atoms with Gasteiger partial charge in [-0.2, -0.15) is 5.26 Å². The van der Waals surface area contributed by atoms with Crippen LogP contribution in [0.15, 0.2) is 42.6 Å². The number of aryl methyl sites for hydroxylation is 1. The topological polar surface area (TPSA) is 99.9 Å². The second-order valence-corrected chi connectivity index (χ2v) is 7.11. The highest BCUT2D eigenvalue weighted by molar-refractivity contribution is 7.70. The standard InChI is InChI=1S/C20H15F2N3O3S/c21-17-8-12(2-1-5-25-29(27)28)7-16(19(17)22)20(26)14-3-4-18-15(9-14)6-13(10-23)11-24-18/h3-4,6-9,11,29H,1-2,5H2,(H,25,27,28). The zero-order chi connectivity index (χ0) is 21.0. The first-order valence-corrected chi connectivity index (χ1v) is 9.77. The molecule has 3 aromatic rings. The molecule has 1 heterocycles. The molecule has 9 heteroatoms. The number of nitrogens with zero attached hydrogens (tertiary/aromatic N) is 2. The van der Waals surface area contributed by atoms with Crippen molar-refractivity contribution in [3.05, 3.63) is 76.5 Å². The van der Waals surface area contributed by atoms with Gasteiger partial charge < -0.3 is 0 Å². The van der Waals surface area contributed by atoms with E-state index < -0.39 is 33.9 Å². The summed E-state index contributed by atoms with van der Waals surface area (Å²) in [4.78, 5) is 16.9. The van der Waals surface area contributed by atoms with Gasteiger partial charge in [0.15, 0.2) is 17.4 Å². The maximum absolute atomic E-state index is 14.3. The van der Waals surface area contributed by atoms with Crippen LogP contribution >= 0.6 is 0 Å². The SMILES string of the molecule is N#Cc1cnc2ccc(C(=O)c3cc(CCCN[SH](=O)=O)cc(F)c3F)cc2c1. The number of hydrogen-bond acceptors (Lipinski definition) is 5. The van der Waals surface area contributed by atoms with Crippen LogP contribution in [-0.4, -0.2) is 25.7 Å². The molecule has 0 bridgehead atoms. The van der Waals surface area contributed by atoms with Gasteiger partial charge in [0.1, 0.15) is 6.07 Å². The fraction of sp³-hybridized carbons (Fsp3) is 0.150. The number of carbonyl (C=O) groups excluding carboxylic acids is 1. The highest BCUT2D eigenvalue weighted by Gasteiger charge is 2.19. The van der Waals surface area contributed by atoms with Crippen molar-refractivity contribution in [1.82, 2.24) is 9.71 Å². The molecule has 0 radical (unpaired) electrons. The molecule has 2 aromatic carbocycles. The van der Waals surface area contributed by atoms with Crippen LogP contribution in [0.2, 0.25) is 0 Å². The quantitative estimate of drug-likeness (QED) is 0.351. The zero-order valence-electron chi connectivity index (χ0n) is 15.0. The summed E-state index contributed by atoms with van der Waals surface area (Å²) in [5, 5.41) is 9.52. The van der Waals surface area contributed by atoms with Crippen LogP contribution in [0.5, 0.6) is 0 Å². The third kappa shape index (κ3) is 4.80. The molecule has 0 spiro atoms. The van der Waals surface area contributed by atoms with E-state index >= 15 is 0 Å². The number of fused-ring (bicyclic) bond motifs is 1. The normalized spacial score (nSPS) is 11.0. The van der Waals surface area contributed by atoms with Crippen LogP contribution in [0.3, 0.4) is 0 Å². The summed E-state index contributed by atoms with van der Waals surface area (Å²) in [6.45, 7) is 0.153. The summed E-state index contributed by atoms with van der Waals surface area (Å²) in [5.74, 6) is -3.10. The average molecular weight is 415 g/mol. The van der Waals surface area contributed by atoms with Crippen LogP contribution in [0.4, 0.5) is 8.78 Å². The number of halogens is 2. The number of benzene rings is 2. The number of ketones is 1. The lowest BCUT2D eigenvalue weighted by atomic mass is 9.97. The largest absolute Gasteiger partial charge is 0.288 e. The second-order valence-electron chi connectivity index (χ2n) is 6.28. The molecule has 0 amide bonds. The summed E-state index contributed by atoms with van der Waals surface area (Å²) in [7, 11) is -2.72. The minimum Gasteiger partial charge on any atom is -0.288 e. The van der Waals surface area contributed by atoms with Gasteiger partial charge in [-0.25, -0.2) is 21.9 Å². The molecule has 0 unspecified atom stereocenters. The monoisotopic (exact) mass is 415 g/mol. The predicted molar refractivity (Wildman–Crippen MR) is 103 cm³/mol. The van der Waals surface area contributed by atoms with Gasteiger partial charge in [-0.05, 0) is 54.8 Å². The lowest BCUT2D eigenvalue weighted by Crippen LogP contribution is -2.13. The number of rotatable bonds is 7. The number of pyridine rings is 1. The first-order valence-electron chi connectivity index (χ1n) is 8.59.